The number of hydrogen-bond acceptors (Lipinski definition) is 5. The molecule has 2 heterocycles. The average molecular weight is 266 g/mol. The lowest BCUT2D eigenvalue weighted by molar-refractivity contribution is -0.386. The van der Waals surface area contributed by atoms with Crippen molar-refractivity contribution in [1.29, 1.82) is 0 Å². The normalized spacial score (nSPS) is 25.2. The third-order valence-corrected chi connectivity index (χ3v) is 3.54. The molecule has 0 aliphatic carbocycles. The number of nitrogens with one attached hydrogen (secondary N) is 1. The van der Waals surface area contributed by atoms with E-state index in [1.807, 2.05) is 0 Å². The van der Waals surface area contributed by atoms with Crippen LogP contribution in [0.4, 0.5) is 10.1 Å². The first kappa shape index (κ1) is 12.0. The third-order valence-electron chi connectivity index (χ3n) is 3.54. The Morgan fingerprint density at radius 2 is 2.26 bits per heavy atom. The highest BCUT2D eigenvalue weighted by molar-refractivity contribution is 6.01. The van der Waals surface area contributed by atoms with E-state index in [4.69, 9.17) is 4.74 Å². The molecular weight excluding hydrogens is 255 g/mol. The number of nitrogens with zero attached hydrogens (tertiary/aromatic N) is 1. The third kappa shape index (κ3) is 1.86. The predicted octanol–water partition coefficient (Wildman–Crippen LogP) is 1.43. The van der Waals surface area contributed by atoms with Crippen molar-refractivity contribution < 1.29 is 18.8 Å². The molecule has 0 aromatic heterocycles. The predicted molar refractivity (Wildman–Crippen MR) is 62.8 cm³/mol. The fourth-order valence-electron chi connectivity index (χ4n) is 2.63. The molecule has 1 aromatic carbocycles. The standard InChI is InChI=1S/C12H11FN2O4/c13-7-3-8-10(16)5-12(1-2-14-6-12)19-11(8)9(4-7)15(17)18/h3-4,14H,1-2,5-6H2. The van der Waals surface area contributed by atoms with E-state index in [0.29, 0.717) is 19.5 Å². The number of carbonyl (C=O) groups excluding carboxylic acids is 1. The fourth-order valence-corrected chi connectivity index (χ4v) is 2.63. The van der Waals surface area contributed by atoms with Crippen LogP contribution in [0.1, 0.15) is 23.2 Å². The van der Waals surface area contributed by atoms with E-state index in [-0.39, 0.29) is 23.5 Å². The Balaban J connectivity index is 2.14. The maximum atomic E-state index is 13.3. The minimum atomic E-state index is -0.803. The summed E-state index contributed by atoms with van der Waals surface area (Å²) in [4.78, 5) is 22.3. The smallest absolute Gasteiger partial charge is 0.314 e. The second-order valence-electron chi connectivity index (χ2n) is 4.87. The Morgan fingerprint density at radius 1 is 1.47 bits per heavy atom. The first-order valence-electron chi connectivity index (χ1n) is 5.92. The molecule has 1 N–H and O–H groups in total. The summed E-state index contributed by atoms with van der Waals surface area (Å²) in [7, 11) is 0. The van der Waals surface area contributed by atoms with Gasteiger partial charge < -0.3 is 10.1 Å². The second-order valence-corrected chi connectivity index (χ2v) is 4.87. The highest BCUT2D eigenvalue weighted by atomic mass is 19.1. The van der Waals surface area contributed by atoms with E-state index >= 15 is 0 Å². The maximum absolute atomic E-state index is 13.3. The van der Waals surface area contributed by atoms with E-state index in [1.54, 1.807) is 0 Å². The van der Waals surface area contributed by atoms with Crippen LogP contribution in [0.3, 0.4) is 0 Å². The Morgan fingerprint density at radius 3 is 2.89 bits per heavy atom. The zero-order valence-electron chi connectivity index (χ0n) is 9.94. The Hall–Kier alpha value is -2.02. The summed E-state index contributed by atoms with van der Waals surface area (Å²) in [5.41, 5.74) is -1.26. The average Bonchev–Trinajstić information content (AvgIpc) is 2.77. The van der Waals surface area contributed by atoms with E-state index < -0.39 is 22.0 Å². The molecule has 2 aliphatic heterocycles. The highest BCUT2D eigenvalue weighted by Crippen LogP contribution is 2.42. The van der Waals surface area contributed by atoms with Crippen molar-refractivity contribution in [3.8, 4) is 5.75 Å². The molecule has 19 heavy (non-hydrogen) atoms. The number of nitro groups is 1. The summed E-state index contributed by atoms with van der Waals surface area (Å²) < 4.78 is 19.0. The van der Waals surface area contributed by atoms with Gasteiger partial charge in [-0.3, -0.25) is 14.9 Å². The minimum absolute atomic E-state index is 0.0378. The van der Waals surface area contributed by atoms with Gasteiger partial charge in [-0.05, 0) is 12.6 Å². The SMILES string of the molecule is O=C1CC2(CCNC2)Oc2c1cc(F)cc2[N+](=O)[O-]. The molecule has 1 aromatic rings. The number of ether oxygens (including phenoxy) is 1. The van der Waals surface area contributed by atoms with Crippen LogP contribution in [0.15, 0.2) is 12.1 Å². The number of hydrogen-bond donors (Lipinski definition) is 1. The zero-order chi connectivity index (χ0) is 13.6. The lowest BCUT2D eigenvalue weighted by Crippen LogP contribution is -2.44. The molecule has 7 heteroatoms. The van der Waals surface area contributed by atoms with Gasteiger partial charge in [-0.2, -0.15) is 0 Å². The topological polar surface area (TPSA) is 81.5 Å². The minimum Gasteiger partial charge on any atom is -0.478 e. The first-order valence-corrected chi connectivity index (χ1v) is 5.92. The Bertz CT molecular complexity index is 564. The van der Waals surface area contributed by atoms with Crippen molar-refractivity contribution in [1.82, 2.24) is 5.32 Å². The van der Waals surface area contributed by atoms with Crippen molar-refractivity contribution in [2.45, 2.75) is 18.4 Å². The number of fused-ring (bicyclic) bond motifs is 1. The lowest BCUT2D eigenvalue weighted by atomic mass is 9.89. The van der Waals surface area contributed by atoms with Gasteiger partial charge >= 0.3 is 5.69 Å². The Kier molecular flexibility index (Phi) is 2.53. The van der Waals surface area contributed by atoms with Gasteiger partial charge in [-0.25, -0.2) is 4.39 Å². The summed E-state index contributed by atoms with van der Waals surface area (Å²) >= 11 is 0. The molecule has 1 atom stereocenters. The number of halogens is 1. The van der Waals surface area contributed by atoms with Gasteiger partial charge in [0, 0.05) is 13.0 Å². The van der Waals surface area contributed by atoms with E-state index in [0.717, 1.165) is 12.1 Å². The quantitative estimate of drug-likeness (QED) is 0.614. The molecule has 0 saturated carbocycles. The molecule has 0 amide bonds. The van der Waals surface area contributed by atoms with Gasteiger partial charge in [0.25, 0.3) is 0 Å². The highest BCUT2D eigenvalue weighted by Gasteiger charge is 2.45. The van der Waals surface area contributed by atoms with Crippen molar-refractivity contribution in [3.05, 3.63) is 33.6 Å². The van der Waals surface area contributed by atoms with Crippen LogP contribution >= 0.6 is 0 Å². The molecule has 2 aliphatic rings. The molecular formula is C12H11FN2O4. The number of carbonyl (C=O) groups is 1. The molecule has 100 valence electrons. The number of nitro benzene ring substituents is 1. The molecule has 6 nitrogen and oxygen atoms in total. The van der Waals surface area contributed by atoms with Crippen LogP contribution in [0.5, 0.6) is 5.75 Å². The Labute approximate surface area is 107 Å². The molecule has 3 rings (SSSR count). The number of ketones is 1. The molecule has 0 radical (unpaired) electrons. The molecule has 1 fully saturated rings. The number of Topliss-reactive ketones (excluding diaryl/α,β-unsaturated/α-hetero) is 1. The zero-order valence-corrected chi connectivity index (χ0v) is 9.94. The van der Waals surface area contributed by atoms with E-state index in [1.165, 1.54) is 0 Å². The van der Waals surface area contributed by atoms with Crippen LogP contribution in [0.2, 0.25) is 0 Å². The van der Waals surface area contributed by atoms with Crippen molar-refractivity contribution >= 4 is 11.5 Å². The number of rotatable bonds is 1. The van der Waals surface area contributed by atoms with Crippen LogP contribution in [-0.2, 0) is 0 Å². The van der Waals surface area contributed by atoms with Gasteiger partial charge in [0.15, 0.2) is 5.78 Å². The van der Waals surface area contributed by atoms with Crippen molar-refractivity contribution in [2.75, 3.05) is 13.1 Å². The van der Waals surface area contributed by atoms with Crippen LogP contribution in [-0.4, -0.2) is 29.4 Å². The van der Waals surface area contributed by atoms with Crippen molar-refractivity contribution in [3.63, 3.8) is 0 Å². The molecule has 1 unspecified atom stereocenters. The maximum Gasteiger partial charge on any atom is 0.314 e. The van der Waals surface area contributed by atoms with Crippen LogP contribution < -0.4 is 10.1 Å². The van der Waals surface area contributed by atoms with Gasteiger partial charge in [-0.1, -0.05) is 0 Å². The second kappa shape index (κ2) is 3.99. The molecule has 1 saturated heterocycles. The lowest BCUT2D eigenvalue weighted by Gasteiger charge is -2.33. The van der Waals surface area contributed by atoms with Gasteiger partial charge in [0.05, 0.1) is 23.0 Å². The number of benzene rings is 1. The van der Waals surface area contributed by atoms with E-state index in [2.05, 4.69) is 5.32 Å². The summed E-state index contributed by atoms with van der Waals surface area (Å²) in [6, 6.07) is 1.79. The fraction of sp³-hybridized carbons (Fsp3) is 0.417. The molecule has 1 spiro atoms. The monoisotopic (exact) mass is 266 g/mol. The largest absolute Gasteiger partial charge is 0.478 e. The summed E-state index contributed by atoms with van der Waals surface area (Å²) in [6.07, 6.45) is 0.723. The van der Waals surface area contributed by atoms with Crippen LogP contribution in [0, 0.1) is 15.9 Å². The summed E-state index contributed by atoms with van der Waals surface area (Å²) in [5.74, 6) is -1.22. The van der Waals surface area contributed by atoms with Gasteiger partial charge in [0.1, 0.15) is 11.4 Å². The first-order chi connectivity index (χ1) is 9.01. The molecule has 0 bridgehead atoms. The van der Waals surface area contributed by atoms with Gasteiger partial charge in [-0.15, -0.1) is 0 Å². The summed E-state index contributed by atoms with van der Waals surface area (Å²) in [6.45, 7) is 1.16. The van der Waals surface area contributed by atoms with Crippen LogP contribution in [0.25, 0.3) is 0 Å². The van der Waals surface area contributed by atoms with E-state index in [9.17, 15) is 19.3 Å². The van der Waals surface area contributed by atoms with Gasteiger partial charge in [0.2, 0.25) is 5.75 Å². The summed E-state index contributed by atoms with van der Waals surface area (Å²) in [5, 5.41) is 14.0. The van der Waals surface area contributed by atoms with Crippen molar-refractivity contribution in [2.24, 2.45) is 0 Å².